The largest absolute Gasteiger partial charge is 0.472 e. The van der Waals surface area contributed by atoms with E-state index in [0.29, 0.717) is 25.7 Å². The molecule has 0 rings (SSSR count). The first-order valence-corrected chi connectivity index (χ1v) is 42.5. The van der Waals surface area contributed by atoms with E-state index in [2.05, 4.69) is 125 Å². The molecule has 0 aromatic rings. The molecule has 3 N–H and O–H groups in total. The summed E-state index contributed by atoms with van der Waals surface area (Å²) in [5.74, 6) is -2.20. The van der Waals surface area contributed by atoms with Crippen LogP contribution in [0.15, 0.2) is 97.2 Å². The lowest BCUT2D eigenvalue weighted by molar-refractivity contribution is -0.161. The minimum Gasteiger partial charge on any atom is -0.462 e. The highest BCUT2D eigenvalue weighted by Gasteiger charge is 2.30. The van der Waals surface area contributed by atoms with Crippen LogP contribution in [0.25, 0.3) is 0 Å². The van der Waals surface area contributed by atoms with E-state index in [-0.39, 0.29) is 25.7 Å². The Bertz CT molecular complexity index is 2270. The molecule has 0 radical (unpaired) electrons. The standard InChI is InChI=1S/C81H142O17P2/c1-5-9-13-17-21-25-29-33-35-37-39-43-46-50-54-58-62-66-79(84)92-72-77(98-81(86)68-64-60-56-52-48-44-40-38-36-34-30-26-22-18-14-10-6-2)74-96-100(89,90)94-70-75(82)69-93-99(87,88)95-73-76(97-80(85)67-63-59-55-51-47-42-32-28-24-20-16-12-8-4)71-91-78(83)65-61-57-53-49-45-41-31-27-23-19-15-11-7-3/h9-10,13-14,21-22,25-28,31-36,75-77,82H,5-8,11-12,15-20,23-24,29-30,37-74H2,1-4H3,(H,87,88)(H,89,90)/b13-9-,14-10-,25-21-,26-22-,31-27-,32-28-,35-33-,36-34-. The molecule has 17 nitrogen and oxygen atoms in total. The van der Waals surface area contributed by atoms with E-state index in [0.717, 1.165) is 205 Å². The number of carbonyl (C=O) groups excluding carboxylic acids is 4. The van der Waals surface area contributed by atoms with Crippen molar-refractivity contribution >= 4 is 39.5 Å². The molecule has 0 aliphatic carbocycles. The fourth-order valence-electron chi connectivity index (χ4n) is 10.5. The predicted molar refractivity (Wildman–Crippen MR) is 409 cm³/mol. The summed E-state index contributed by atoms with van der Waals surface area (Å²) in [5.41, 5.74) is 0. The van der Waals surface area contributed by atoms with Gasteiger partial charge in [-0.2, -0.15) is 0 Å². The fraction of sp³-hybridized carbons (Fsp3) is 0.753. The molecule has 0 amide bonds. The average molecular weight is 1450 g/mol. The van der Waals surface area contributed by atoms with Crippen molar-refractivity contribution in [1.82, 2.24) is 0 Å². The minimum atomic E-state index is -4.98. The Hall–Kier alpha value is -4.02. The van der Waals surface area contributed by atoms with Gasteiger partial charge in [-0.1, -0.05) is 266 Å². The van der Waals surface area contributed by atoms with E-state index in [1.165, 1.54) is 51.4 Å². The van der Waals surface area contributed by atoms with Crippen LogP contribution in [0.3, 0.4) is 0 Å². The van der Waals surface area contributed by atoms with Crippen molar-refractivity contribution in [3.8, 4) is 0 Å². The summed E-state index contributed by atoms with van der Waals surface area (Å²) >= 11 is 0. The molecule has 5 atom stereocenters. The first kappa shape index (κ1) is 96.0. The third-order valence-electron chi connectivity index (χ3n) is 16.5. The molecule has 0 aliphatic heterocycles. The molecule has 0 fully saturated rings. The van der Waals surface area contributed by atoms with E-state index in [9.17, 15) is 43.2 Å². The second kappa shape index (κ2) is 73.3. The van der Waals surface area contributed by atoms with Crippen molar-refractivity contribution in [2.24, 2.45) is 0 Å². The van der Waals surface area contributed by atoms with Crippen LogP contribution >= 0.6 is 15.6 Å². The molecule has 0 aliphatic rings. The molecular formula is C81H142O17P2. The molecule has 0 saturated carbocycles. The lowest BCUT2D eigenvalue weighted by Crippen LogP contribution is -2.30. The Labute approximate surface area is 607 Å². The molecule has 0 aromatic carbocycles. The van der Waals surface area contributed by atoms with Gasteiger partial charge in [-0.25, -0.2) is 9.13 Å². The summed E-state index contributed by atoms with van der Waals surface area (Å²) in [4.78, 5) is 72.9. The predicted octanol–water partition coefficient (Wildman–Crippen LogP) is 22.8. The van der Waals surface area contributed by atoms with Gasteiger partial charge in [0.15, 0.2) is 12.2 Å². The van der Waals surface area contributed by atoms with Crippen LogP contribution in [0.5, 0.6) is 0 Å². The lowest BCUT2D eigenvalue weighted by atomic mass is 10.1. The van der Waals surface area contributed by atoms with Gasteiger partial charge in [0, 0.05) is 25.7 Å². The highest BCUT2D eigenvalue weighted by atomic mass is 31.2. The Morgan fingerprint density at radius 2 is 0.520 bits per heavy atom. The van der Waals surface area contributed by atoms with E-state index in [4.69, 9.17) is 37.0 Å². The molecule has 0 aromatic heterocycles. The number of aliphatic hydroxyl groups excluding tert-OH is 1. The van der Waals surface area contributed by atoms with Gasteiger partial charge in [0.2, 0.25) is 0 Å². The van der Waals surface area contributed by atoms with Crippen LogP contribution in [0, 0.1) is 0 Å². The molecule has 5 unspecified atom stereocenters. The summed E-state index contributed by atoms with van der Waals surface area (Å²) in [7, 11) is -9.96. The molecule has 19 heteroatoms. The lowest BCUT2D eigenvalue weighted by Gasteiger charge is -2.21. The Morgan fingerprint density at radius 3 is 0.810 bits per heavy atom. The van der Waals surface area contributed by atoms with E-state index in [1.54, 1.807) is 0 Å². The van der Waals surface area contributed by atoms with Gasteiger partial charge >= 0.3 is 39.5 Å². The number of rotatable bonds is 74. The van der Waals surface area contributed by atoms with Gasteiger partial charge in [0.25, 0.3) is 0 Å². The maximum atomic E-state index is 13.1. The van der Waals surface area contributed by atoms with Gasteiger partial charge in [-0.3, -0.25) is 37.3 Å². The quantitative estimate of drug-likeness (QED) is 0.0169. The summed E-state index contributed by atoms with van der Waals surface area (Å²) in [6.07, 6.45) is 76.7. The van der Waals surface area contributed by atoms with Crippen LogP contribution in [-0.2, 0) is 65.4 Å². The number of phosphoric ester groups is 2. The number of unbranched alkanes of at least 4 members (excludes halogenated alkanes) is 32. The summed E-state index contributed by atoms with van der Waals surface area (Å²) in [6.45, 7) is 4.62. The zero-order valence-corrected chi connectivity index (χ0v) is 64.9. The second-order valence-electron chi connectivity index (χ2n) is 26.2. The third-order valence-corrected chi connectivity index (χ3v) is 18.4. The van der Waals surface area contributed by atoms with E-state index in [1.807, 2.05) is 0 Å². The first-order chi connectivity index (χ1) is 48.7. The van der Waals surface area contributed by atoms with Gasteiger partial charge in [-0.15, -0.1) is 0 Å². The highest BCUT2D eigenvalue weighted by Crippen LogP contribution is 2.45. The van der Waals surface area contributed by atoms with Crippen molar-refractivity contribution < 1.29 is 80.2 Å². The maximum Gasteiger partial charge on any atom is 0.472 e. The molecule has 0 saturated heterocycles. The normalized spacial score (nSPS) is 14.4. The fourth-order valence-corrected chi connectivity index (χ4v) is 12.1. The summed E-state index contributed by atoms with van der Waals surface area (Å²) < 4.78 is 68.6. The zero-order chi connectivity index (χ0) is 73.2. The molecule has 0 spiro atoms. The number of hydrogen-bond donors (Lipinski definition) is 3. The number of esters is 4. The molecule has 578 valence electrons. The van der Waals surface area contributed by atoms with Crippen molar-refractivity contribution in [3.63, 3.8) is 0 Å². The molecule has 0 heterocycles. The number of carbonyl (C=O) groups is 4. The molecule has 0 bridgehead atoms. The van der Waals surface area contributed by atoms with Crippen LogP contribution < -0.4 is 0 Å². The van der Waals surface area contributed by atoms with Crippen molar-refractivity contribution in [3.05, 3.63) is 97.2 Å². The monoisotopic (exact) mass is 1450 g/mol. The number of ether oxygens (including phenoxy) is 4. The van der Waals surface area contributed by atoms with Crippen LogP contribution in [0.4, 0.5) is 0 Å². The minimum absolute atomic E-state index is 0.0811. The SMILES string of the molecule is CC/C=C\C/C=C\C/C=C\CCCCCCCCCC(=O)OCC(COP(=O)(O)OCC(O)COP(=O)(O)OCC(COC(=O)CCCCCCC/C=C\CCCCCC)OC(=O)CCCCCCC/C=C\CCCCCC)OC(=O)CCCCCCCCC/C=C\C/C=C\C/C=C\CC. The van der Waals surface area contributed by atoms with Crippen molar-refractivity contribution in [2.75, 3.05) is 39.6 Å². The summed E-state index contributed by atoms with van der Waals surface area (Å²) in [6, 6.07) is 0. The Balaban J connectivity index is 5.36. The first-order valence-electron chi connectivity index (χ1n) is 39.5. The van der Waals surface area contributed by atoms with Gasteiger partial charge < -0.3 is 33.8 Å². The Kier molecular flexibility index (Phi) is 70.4. The van der Waals surface area contributed by atoms with Crippen LogP contribution in [0.2, 0.25) is 0 Å². The van der Waals surface area contributed by atoms with E-state index >= 15 is 0 Å². The number of aliphatic hydroxyl groups is 1. The second-order valence-corrected chi connectivity index (χ2v) is 29.1. The number of allylic oxidation sites excluding steroid dienone is 16. The number of phosphoric acid groups is 2. The maximum absolute atomic E-state index is 13.1. The summed E-state index contributed by atoms with van der Waals surface area (Å²) in [5, 5.41) is 10.6. The van der Waals surface area contributed by atoms with Crippen molar-refractivity contribution in [2.45, 2.75) is 354 Å². The molecule has 100 heavy (non-hydrogen) atoms. The Morgan fingerprint density at radius 1 is 0.290 bits per heavy atom. The topological polar surface area (TPSA) is 237 Å². The van der Waals surface area contributed by atoms with Gasteiger partial charge in [-0.05, 0) is 141 Å². The van der Waals surface area contributed by atoms with Crippen LogP contribution in [-0.4, -0.2) is 96.7 Å². The van der Waals surface area contributed by atoms with Gasteiger partial charge in [0.05, 0.1) is 26.4 Å². The highest BCUT2D eigenvalue weighted by molar-refractivity contribution is 7.47. The van der Waals surface area contributed by atoms with Gasteiger partial charge in [0.1, 0.15) is 19.3 Å². The zero-order valence-electron chi connectivity index (χ0n) is 63.1. The smallest absolute Gasteiger partial charge is 0.462 e. The third kappa shape index (κ3) is 72.3. The van der Waals surface area contributed by atoms with Crippen LogP contribution in [0.1, 0.15) is 336 Å². The number of hydrogen-bond acceptors (Lipinski definition) is 15. The van der Waals surface area contributed by atoms with Crippen molar-refractivity contribution in [1.29, 1.82) is 0 Å². The average Bonchev–Trinajstić information content (AvgIpc) is 1.15. The molecular weight excluding hydrogens is 1310 g/mol. The van der Waals surface area contributed by atoms with E-state index < -0.39 is 97.5 Å².